The summed E-state index contributed by atoms with van der Waals surface area (Å²) >= 11 is 0. The lowest BCUT2D eigenvalue weighted by Crippen LogP contribution is -2.27. The van der Waals surface area contributed by atoms with Crippen LogP contribution in [0.4, 0.5) is 8.78 Å². The first-order chi connectivity index (χ1) is 10.2. The van der Waals surface area contributed by atoms with Gasteiger partial charge in [0.2, 0.25) is 0 Å². The molecule has 1 saturated carbocycles. The summed E-state index contributed by atoms with van der Waals surface area (Å²) in [6.07, 6.45) is 10.8. The predicted octanol–water partition coefficient (Wildman–Crippen LogP) is 5.68. The summed E-state index contributed by atoms with van der Waals surface area (Å²) in [5.74, 6) is 1.14. The molecule has 21 heavy (non-hydrogen) atoms. The standard InChI is InChI=1S/C19H26F2/c1-2-3-13-4-6-14(7-5-13)15-8-10-17-16(12-15)9-11-18(20)19(17)21/h9,11,13-15H,2-8,10,12H2,1H3. The molecule has 2 aliphatic carbocycles. The van der Waals surface area contributed by atoms with E-state index < -0.39 is 11.6 Å². The molecule has 0 bridgehead atoms. The molecule has 1 aromatic carbocycles. The fourth-order valence-corrected chi connectivity index (χ4v) is 4.57. The molecular formula is C19H26F2. The number of hydrogen-bond donors (Lipinski definition) is 0. The van der Waals surface area contributed by atoms with Gasteiger partial charge in [0.25, 0.3) is 0 Å². The van der Waals surface area contributed by atoms with Crippen LogP contribution in [0.15, 0.2) is 12.1 Å². The van der Waals surface area contributed by atoms with E-state index in [0.717, 1.165) is 36.7 Å². The largest absolute Gasteiger partial charge is 0.204 e. The minimum atomic E-state index is -0.688. The molecule has 0 aromatic heterocycles. The number of hydrogen-bond acceptors (Lipinski definition) is 0. The van der Waals surface area contributed by atoms with Gasteiger partial charge in [-0.2, -0.15) is 0 Å². The van der Waals surface area contributed by atoms with Crippen molar-refractivity contribution in [2.45, 2.75) is 64.7 Å². The Morgan fingerprint density at radius 2 is 1.76 bits per heavy atom. The lowest BCUT2D eigenvalue weighted by Gasteiger charge is -2.36. The van der Waals surface area contributed by atoms with E-state index in [0.29, 0.717) is 11.5 Å². The molecular weight excluding hydrogens is 266 g/mol. The Balaban J connectivity index is 1.63. The van der Waals surface area contributed by atoms with Gasteiger partial charge in [-0.3, -0.25) is 0 Å². The second kappa shape index (κ2) is 6.46. The second-order valence-corrected chi connectivity index (χ2v) is 7.07. The van der Waals surface area contributed by atoms with Gasteiger partial charge in [-0.25, -0.2) is 8.78 Å². The lowest BCUT2D eigenvalue weighted by atomic mass is 9.69. The molecule has 1 atom stereocenters. The molecule has 3 rings (SSSR count). The van der Waals surface area contributed by atoms with Crippen molar-refractivity contribution in [1.82, 2.24) is 0 Å². The van der Waals surface area contributed by atoms with Gasteiger partial charge < -0.3 is 0 Å². The highest BCUT2D eigenvalue weighted by atomic mass is 19.2. The summed E-state index contributed by atoms with van der Waals surface area (Å²) < 4.78 is 27.1. The van der Waals surface area contributed by atoms with E-state index >= 15 is 0 Å². The SMILES string of the molecule is CCCC1CCC(C2CCc3c(ccc(F)c3F)C2)CC1. The molecule has 0 radical (unpaired) electrons. The summed E-state index contributed by atoms with van der Waals surface area (Å²) in [5.41, 5.74) is 1.70. The van der Waals surface area contributed by atoms with Gasteiger partial charge in [0.1, 0.15) is 0 Å². The van der Waals surface area contributed by atoms with Gasteiger partial charge in [-0.05, 0) is 67.1 Å². The molecule has 0 spiro atoms. The molecule has 0 N–H and O–H groups in total. The summed E-state index contributed by atoms with van der Waals surface area (Å²) in [6, 6.07) is 3.11. The van der Waals surface area contributed by atoms with E-state index in [1.807, 2.05) is 6.07 Å². The van der Waals surface area contributed by atoms with Crippen LogP contribution in [0.2, 0.25) is 0 Å². The van der Waals surface area contributed by atoms with Crippen LogP contribution in [0.3, 0.4) is 0 Å². The first kappa shape index (κ1) is 15.0. The minimum Gasteiger partial charge on any atom is -0.204 e. The van der Waals surface area contributed by atoms with Crippen molar-refractivity contribution < 1.29 is 8.78 Å². The summed E-state index contributed by atoms with van der Waals surface area (Å²) in [7, 11) is 0. The maximum Gasteiger partial charge on any atom is 0.162 e. The molecule has 0 aliphatic heterocycles. The van der Waals surface area contributed by atoms with Crippen molar-refractivity contribution in [3.05, 3.63) is 34.9 Å². The van der Waals surface area contributed by atoms with Crippen LogP contribution < -0.4 is 0 Å². The Kier molecular flexibility index (Phi) is 4.61. The number of fused-ring (bicyclic) bond motifs is 1. The van der Waals surface area contributed by atoms with Crippen molar-refractivity contribution >= 4 is 0 Å². The Labute approximate surface area is 126 Å². The van der Waals surface area contributed by atoms with E-state index in [1.165, 1.54) is 44.6 Å². The average Bonchev–Trinajstić information content (AvgIpc) is 2.52. The minimum absolute atomic E-state index is 0.599. The van der Waals surface area contributed by atoms with E-state index in [1.54, 1.807) is 0 Å². The first-order valence-corrected chi connectivity index (χ1v) is 8.64. The topological polar surface area (TPSA) is 0 Å². The summed E-state index contributed by atoms with van der Waals surface area (Å²) in [6.45, 7) is 2.28. The Morgan fingerprint density at radius 1 is 1.00 bits per heavy atom. The van der Waals surface area contributed by atoms with Gasteiger partial charge in [-0.15, -0.1) is 0 Å². The van der Waals surface area contributed by atoms with Crippen molar-refractivity contribution in [3.63, 3.8) is 0 Å². The highest BCUT2D eigenvalue weighted by molar-refractivity contribution is 5.32. The quantitative estimate of drug-likeness (QED) is 0.672. The molecule has 0 nitrogen and oxygen atoms in total. The Morgan fingerprint density at radius 3 is 2.48 bits per heavy atom. The maximum absolute atomic E-state index is 13.8. The lowest BCUT2D eigenvalue weighted by molar-refractivity contribution is 0.183. The van der Waals surface area contributed by atoms with Gasteiger partial charge in [0.05, 0.1) is 0 Å². The van der Waals surface area contributed by atoms with E-state index in [2.05, 4.69) is 6.92 Å². The maximum atomic E-state index is 13.8. The van der Waals surface area contributed by atoms with Crippen molar-refractivity contribution in [2.24, 2.45) is 17.8 Å². The molecule has 2 heteroatoms. The number of benzene rings is 1. The molecule has 116 valence electrons. The van der Waals surface area contributed by atoms with E-state index in [9.17, 15) is 8.78 Å². The van der Waals surface area contributed by atoms with Gasteiger partial charge in [0, 0.05) is 0 Å². The van der Waals surface area contributed by atoms with Gasteiger partial charge in [-0.1, -0.05) is 38.7 Å². The Bertz CT molecular complexity index is 487. The fraction of sp³-hybridized carbons (Fsp3) is 0.684. The Hall–Kier alpha value is -0.920. The average molecular weight is 292 g/mol. The molecule has 1 fully saturated rings. The third kappa shape index (κ3) is 3.14. The van der Waals surface area contributed by atoms with E-state index in [-0.39, 0.29) is 0 Å². The monoisotopic (exact) mass is 292 g/mol. The third-order valence-electron chi connectivity index (χ3n) is 5.80. The summed E-state index contributed by atoms with van der Waals surface area (Å²) in [4.78, 5) is 0. The molecule has 0 saturated heterocycles. The highest BCUT2D eigenvalue weighted by Crippen LogP contribution is 2.41. The van der Waals surface area contributed by atoms with Crippen LogP contribution in [0.1, 0.15) is 63.0 Å². The number of halogens is 2. The van der Waals surface area contributed by atoms with Crippen LogP contribution in [0.25, 0.3) is 0 Å². The van der Waals surface area contributed by atoms with Crippen molar-refractivity contribution in [1.29, 1.82) is 0 Å². The van der Waals surface area contributed by atoms with Crippen molar-refractivity contribution in [3.8, 4) is 0 Å². The number of rotatable bonds is 3. The molecule has 0 heterocycles. The molecule has 1 aromatic rings. The zero-order valence-corrected chi connectivity index (χ0v) is 13.0. The smallest absolute Gasteiger partial charge is 0.162 e. The van der Waals surface area contributed by atoms with Crippen LogP contribution in [-0.4, -0.2) is 0 Å². The van der Waals surface area contributed by atoms with Gasteiger partial charge >= 0.3 is 0 Å². The third-order valence-corrected chi connectivity index (χ3v) is 5.80. The fourth-order valence-electron chi connectivity index (χ4n) is 4.57. The van der Waals surface area contributed by atoms with Crippen LogP contribution >= 0.6 is 0 Å². The van der Waals surface area contributed by atoms with Crippen LogP contribution in [0.5, 0.6) is 0 Å². The zero-order valence-electron chi connectivity index (χ0n) is 13.0. The molecule has 0 amide bonds. The molecule has 1 unspecified atom stereocenters. The normalized spacial score (nSPS) is 29.2. The molecule has 2 aliphatic rings. The van der Waals surface area contributed by atoms with E-state index in [4.69, 9.17) is 0 Å². The second-order valence-electron chi connectivity index (χ2n) is 7.07. The van der Waals surface area contributed by atoms with Crippen LogP contribution in [-0.2, 0) is 12.8 Å². The zero-order chi connectivity index (χ0) is 14.8. The van der Waals surface area contributed by atoms with Crippen molar-refractivity contribution in [2.75, 3.05) is 0 Å². The van der Waals surface area contributed by atoms with Gasteiger partial charge in [0.15, 0.2) is 11.6 Å². The summed E-state index contributed by atoms with van der Waals surface area (Å²) in [5, 5.41) is 0. The highest BCUT2D eigenvalue weighted by Gasteiger charge is 2.31. The van der Waals surface area contributed by atoms with Crippen LogP contribution in [0, 0.1) is 29.4 Å². The first-order valence-electron chi connectivity index (χ1n) is 8.64. The predicted molar refractivity (Wildman–Crippen MR) is 82.2 cm³/mol.